The van der Waals surface area contributed by atoms with E-state index in [1.54, 1.807) is 22.8 Å². The number of carbonyl (C=O) groups excluding carboxylic acids is 1. The third-order valence-electron chi connectivity index (χ3n) is 3.09. The number of aryl methyl sites for hydroxylation is 1. The van der Waals surface area contributed by atoms with Crippen LogP contribution < -0.4 is 0 Å². The molecule has 0 aromatic carbocycles. The average molecular weight is 237 g/mol. The summed E-state index contributed by atoms with van der Waals surface area (Å²) in [5, 5.41) is 8.97. The molecule has 92 valence electrons. The molecule has 1 aromatic heterocycles. The van der Waals surface area contributed by atoms with Crippen LogP contribution in [0.15, 0.2) is 12.5 Å². The lowest BCUT2D eigenvalue weighted by atomic mass is 9.98. The maximum Gasteiger partial charge on any atom is 0.308 e. The number of amides is 1. The Morgan fingerprint density at radius 1 is 1.53 bits per heavy atom. The van der Waals surface area contributed by atoms with Crippen LogP contribution in [0.1, 0.15) is 23.3 Å². The van der Waals surface area contributed by atoms with Crippen molar-refractivity contribution in [2.24, 2.45) is 13.0 Å². The molecule has 0 radical (unpaired) electrons. The molecule has 0 spiro atoms. The van der Waals surface area contributed by atoms with Crippen LogP contribution in [0.4, 0.5) is 0 Å². The van der Waals surface area contributed by atoms with E-state index in [0.717, 1.165) is 6.42 Å². The fraction of sp³-hybridized carbons (Fsp3) is 0.545. The Morgan fingerprint density at radius 2 is 2.29 bits per heavy atom. The van der Waals surface area contributed by atoms with Crippen molar-refractivity contribution in [3.05, 3.63) is 18.2 Å². The number of rotatable bonds is 2. The minimum atomic E-state index is -0.826. The maximum atomic E-state index is 12.1. The van der Waals surface area contributed by atoms with E-state index in [-0.39, 0.29) is 5.91 Å². The lowest BCUT2D eigenvalue weighted by Crippen LogP contribution is -2.42. The highest BCUT2D eigenvalue weighted by atomic mass is 16.4. The summed E-state index contributed by atoms with van der Waals surface area (Å²) in [5.74, 6) is -1.41. The van der Waals surface area contributed by atoms with Gasteiger partial charge in [-0.3, -0.25) is 9.59 Å². The number of likely N-dealkylation sites (tertiary alicyclic amines) is 1. The molecule has 1 aliphatic heterocycles. The molecule has 0 saturated carbocycles. The monoisotopic (exact) mass is 237 g/mol. The lowest BCUT2D eigenvalue weighted by molar-refractivity contribution is -0.143. The molecule has 0 aliphatic carbocycles. The molecule has 6 heteroatoms. The SMILES string of the molecule is Cn1cncc1C(=O)N1CCCC(C(=O)O)C1. The number of hydrogen-bond acceptors (Lipinski definition) is 3. The van der Waals surface area contributed by atoms with Gasteiger partial charge in [0.1, 0.15) is 5.69 Å². The quantitative estimate of drug-likeness (QED) is 0.805. The minimum Gasteiger partial charge on any atom is -0.481 e. The number of aliphatic carboxylic acids is 1. The van der Waals surface area contributed by atoms with Gasteiger partial charge in [0.05, 0.1) is 18.4 Å². The van der Waals surface area contributed by atoms with Gasteiger partial charge in [0.15, 0.2) is 0 Å². The fourth-order valence-corrected chi connectivity index (χ4v) is 2.09. The van der Waals surface area contributed by atoms with Crippen LogP contribution in [-0.2, 0) is 11.8 Å². The summed E-state index contributed by atoms with van der Waals surface area (Å²) in [6, 6.07) is 0. The highest BCUT2D eigenvalue weighted by molar-refractivity contribution is 5.92. The van der Waals surface area contributed by atoms with E-state index in [9.17, 15) is 9.59 Å². The van der Waals surface area contributed by atoms with Gasteiger partial charge < -0.3 is 14.6 Å². The molecule has 1 fully saturated rings. The van der Waals surface area contributed by atoms with Crippen molar-refractivity contribution in [3.63, 3.8) is 0 Å². The van der Waals surface area contributed by atoms with Crippen LogP contribution in [0.25, 0.3) is 0 Å². The second-order valence-corrected chi connectivity index (χ2v) is 4.32. The van der Waals surface area contributed by atoms with Crippen molar-refractivity contribution in [3.8, 4) is 0 Å². The normalized spacial score (nSPS) is 20.3. The molecule has 2 rings (SSSR count). The summed E-state index contributed by atoms with van der Waals surface area (Å²) in [4.78, 5) is 28.5. The van der Waals surface area contributed by atoms with Crippen LogP contribution in [0.2, 0.25) is 0 Å². The summed E-state index contributed by atoms with van der Waals surface area (Å²) in [6.07, 6.45) is 4.45. The Morgan fingerprint density at radius 3 is 2.88 bits per heavy atom. The van der Waals surface area contributed by atoms with Crippen LogP contribution in [0, 0.1) is 5.92 Å². The largest absolute Gasteiger partial charge is 0.481 e. The predicted octanol–water partition coefficient (Wildman–Crippen LogP) is 0.357. The highest BCUT2D eigenvalue weighted by Gasteiger charge is 2.29. The molecule has 1 saturated heterocycles. The second kappa shape index (κ2) is 4.57. The summed E-state index contributed by atoms with van der Waals surface area (Å²) in [6.45, 7) is 0.910. The first kappa shape index (κ1) is 11.6. The Hall–Kier alpha value is -1.85. The van der Waals surface area contributed by atoms with Gasteiger partial charge in [-0.25, -0.2) is 4.98 Å². The van der Waals surface area contributed by atoms with Crippen molar-refractivity contribution in [1.29, 1.82) is 0 Å². The van der Waals surface area contributed by atoms with Crippen molar-refractivity contribution in [1.82, 2.24) is 14.5 Å². The smallest absolute Gasteiger partial charge is 0.308 e. The van der Waals surface area contributed by atoms with Gasteiger partial charge in [-0.1, -0.05) is 0 Å². The van der Waals surface area contributed by atoms with Gasteiger partial charge in [-0.15, -0.1) is 0 Å². The molecule has 17 heavy (non-hydrogen) atoms. The highest BCUT2D eigenvalue weighted by Crippen LogP contribution is 2.18. The molecule has 1 atom stereocenters. The first-order chi connectivity index (χ1) is 8.09. The summed E-state index contributed by atoms with van der Waals surface area (Å²) < 4.78 is 1.65. The van der Waals surface area contributed by atoms with Gasteiger partial charge in [0.25, 0.3) is 5.91 Å². The summed E-state index contributed by atoms with van der Waals surface area (Å²) in [7, 11) is 1.75. The van der Waals surface area contributed by atoms with E-state index in [4.69, 9.17) is 5.11 Å². The zero-order chi connectivity index (χ0) is 12.4. The molecule has 1 aromatic rings. The molecule has 0 bridgehead atoms. The summed E-state index contributed by atoms with van der Waals surface area (Å²) in [5.41, 5.74) is 0.496. The first-order valence-corrected chi connectivity index (χ1v) is 5.58. The van der Waals surface area contributed by atoms with Crippen LogP contribution in [0.3, 0.4) is 0 Å². The van der Waals surface area contributed by atoms with E-state index >= 15 is 0 Å². The first-order valence-electron chi connectivity index (χ1n) is 5.58. The number of carboxylic acids is 1. The van der Waals surface area contributed by atoms with Crippen LogP contribution in [-0.4, -0.2) is 44.5 Å². The number of nitrogens with zero attached hydrogens (tertiary/aromatic N) is 3. The van der Waals surface area contributed by atoms with Gasteiger partial charge in [-0.05, 0) is 12.8 Å². The lowest BCUT2D eigenvalue weighted by Gasteiger charge is -2.30. The number of carbonyl (C=O) groups is 2. The van der Waals surface area contributed by atoms with Gasteiger partial charge >= 0.3 is 5.97 Å². The average Bonchev–Trinajstić information content (AvgIpc) is 2.74. The van der Waals surface area contributed by atoms with Crippen LogP contribution in [0.5, 0.6) is 0 Å². The van der Waals surface area contributed by atoms with Gasteiger partial charge in [0.2, 0.25) is 0 Å². The second-order valence-electron chi connectivity index (χ2n) is 4.32. The third-order valence-corrected chi connectivity index (χ3v) is 3.09. The van der Waals surface area contributed by atoms with E-state index in [1.165, 1.54) is 6.20 Å². The Kier molecular flexibility index (Phi) is 3.12. The topological polar surface area (TPSA) is 75.4 Å². The molecule has 1 N–H and O–H groups in total. The zero-order valence-electron chi connectivity index (χ0n) is 9.67. The van der Waals surface area contributed by atoms with E-state index in [2.05, 4.69) is 4.98 Å². The standard InChI is InChI=1S/C11H15N3O3/c1-13-7-12-5-9(13)10(15)14-4-2-3-8(6-14)11(16)17/h5,7-8H,2-4,6H2,1H3,(H,16,17). The van der Waals surface area contributed by atoms with E-state index in [1.807, 2.05) is 0 Å². The zero-order valence-corrected chi connectivity index (χ0v) is 9.67. The predicted molar refractivity (Wildman–Crippen MR) is 59.5 cm³/mol. The van der Waals surface area contributed by atoms with Gasteiger partial charge in [-0.2, -0.15) is 0 Å². The van der Waals surface area contributed by atoms with Crippen LogP contribution >= 0.6 is 0 Å². The molecule has 1 amide bonds. The molecular weight excluding hydrogens is 222 g/mol. The Balaban J connectivity index is 2.10. The number of imidazole rings is 1. The molecule has 2 heterocycles. The van der Waals surface area contributed by atoms with E-state index < -0.39 is 11.9 Å². The maximum absolute atomic E-state index is 12.1. The number of piperidine rings is 1. The van der Waals surface area contributed by atoms with Gasteiger partial charge in [0, 0.05) is 20.1 Å². The summed E-state index contributed by atoms with van der Waals surface area (Å²) >= 11 is 0. The third kappa shape index (κ3) is 2.30. The number of hydrogen-bond donors (Lipinski definition) is 1. The Labute approximate surface area is 98.9 Å². The number of aromatic nitrogens is 2. The molecule has 1 unspecified atom stereocenters. The minimum absolute atomic E-state index is 0.143. The molecule has 6 nitrogen and oxygen atoms in total. The van der Waals surface area contributed by atoms with Crippen molar-refractivity contribution >= 4 is 11.9 Å². The van der Waals surface area contributed by atoms with Crippen molar-refractivity contribution in [2.45, 2.75) is 12.8 Å². The van der Waals surface area contributed by atoms with Crippen molar-refractivity contribution in [2.75, 3.05) is 13.1 Å². The Bertz CT molecular complexity index is 441. The number of carboxylic acid groups (broad SMARTS) is 1. The van der Waals surface area contributed by atoms with Crippen molar-refractivity contribution < 1.29 is 14.7 Å². The molecule has 1 aliphatic rings. The van der Waals surface area contributed by atoms with E-state index in [0.29, 0.717) is 25.2 Å². The molecular formula is C11H15N3O3. The fourth-order valence-electron chi connectivity index (χ4n) is 2.09.